The summed E-state index contributed by atoms with van der Waals surface area (Å²) in [6.45, 7) is 4.36. The monoisotopic (exact) mass is 329 g/mol. The summed E-state index contributed by atoms with van der Waals surface area (Å²) >= 11 is 4.44. The van der Waals surface area contributed by atoms with E-state index in [9.17, 15) is 4.79 Å². The second-order valence-corrected chi connectivity index (χ2v) is 7.09. The van der Waals surface area contributed by atoms with E-state index in [1.54, 1.807) is 29.3 Å². The molecule has 0 radical (unpaired) electrons. The van der Waals surface area contributed by atoms with Gasteiger partial charge in [-0.05, 0) is 17.5 Å². The Morgan fingerprint density at radius 1 is 1.50 bits per heavy atom. The number of esters is 1. The van der Waals surface area contributed by atoms with Crippen LogP contribution in [0.4, 0.5) is 0 Å². The third kappa shape index (κ3) is 4.26. The average molecular weight is 329 g/mol. The molecular weight excluding hydrogens is 314 g/mol. The minimum Gasteiger partial charge on any atom is -0.461 e. The third-order valence-electron chi connectivity index (χ3n) is 2.42. The zero-order valence-corrected chi connectivity index (χ0v) is 13.7. The van der Waals surface area contributed by atoms with Gasteiger partial charge in [-0.15, -0.1) is 16.4 Å². The third-order valence-corrected chi connectivity index (χ3v) is 5.03. The first-order chi connectivity index (χ1) is 9.68. The largest absolute Gasteiger partial charge is 0.461 e. The lowest BCUT2D eigenvalue weighted by atomic mass is 10.1. The highest BCUT2D eigenvalue weighted by Gasteiger charge is 2.19. The molecule has 8 heteroatoms. The molecule has 2 rings (SSSR count). The number of rotatable bonds is 7. The van der Waals surface area contributed by atoms with Gasteiger partial charge in [0.25, 0.3) is 0 Å². The quantitative estimate of drug-likeness (QED) is 0.574. The van der Waals surface area contributed by atoms with Gasteiger partial charge in [0.2, 0.25) is 0 Å². The van der Waals surface area contributed by atoms with Crippen LogP contribution in [-0.2, 0) is 10.5 Å². The molecule has 0 bridgehead atoms. The van der Waals surface area contributed by atoms with Crippen molar-refractivity contribution in [1.29, 1.82) is 0 Å². The maximum absolute atomic E-state index is 11.9. The SMILES string of the molecule is CC(C)c1nnsc1C(=O)OCCSCc1nccs1. The van der Waals surface area contributed by atoms with Crippen molar-refractivity contribution in [2.24, 2.45) is 0 Å². The molecule has 20 heavy (non-hydrogen) atoms. The highest BCUT2D eigenvalue weighted by atomic mass is 32.2. The summed E-state index contributed by atoms with van der Waals surface area (Å²) < 4.78 is 9.07. The van der Waals surface area contributed by atoms with Gasteiger partial charge < -0.3 is 4.74 Å². The molecule has 0 spiro atoms. The van der Waals surface area contributed by atoms with E-state index in [2.05, 4.69) is 14.6 Å². The fourth-order valence-corrected chi connectivity index (χ4v) is 3.69. The number of carbonyl (C=O) groups is 1. The Kier molecular flexibility index (Phi) is 5.93. The summed E-state index contributed by atoms with van der Waals surface area (Å²) in [6.07, 6.45) is 1.80. The summed E-state index contributed by atoms with van der Waals surface area (Å²) in [5, 5.41) is 7.02. The predicted octanol–water partition coefficient (Wildman–Crippen LogP) is 3.21. The minimum absolute atomic E-state index is 0.176. The Morgan fingerprint density at radius 3 is 3.05 bits per heavy atom. The fraction of sp³-hybridized carbons (Fsp3) is 0.500. The van der Waals surface area contributed by atoms with E-state index < -0.39 is 0 Å². The Hall–Kier alpha value is -0.990. The molecule has 5 nitrogen and oxygen atoms in total. The fourth-order valence-electron chi connectivity index (χ4n) is 1.46. The normalized spacial score (nSPS) is 10.9. The summed E-state index contributed by atoms with van der Waals surface area (Å²) in [6, 6.07) is 0. The lowest BCUT2D eigenvalue weighted by molar-refractivity contribution is 0.0534. The number of aromatic nitrogens is 3. The van der Waals surface area contributed by atoms with Gasteiger partial charge in [0.05, 0.1) is 5.69 Å². The molecule has 0 saturated carbocycles. The highest BCUT2D eigenvalue weighted by molar-refractivity contribution is 7.98. The molecule has 2 heterocycles. The van der Waals surface area contributed by atoms with Gasteiger partial charge in [0.1, 0.15) is 11.6 Å². The average Bonchev–Trinajstić information content (AvgIpc) is 3.09. The molecule has 108 valence electrons. The van der Waals surface area contributed by atoms with E-state index in [4.69, 9.17) is 4.74 Å². The first kappa shape index (κ1) is 15.4. The Bertz CT molecular complexity index is 540. The van der Waals surface area contributed by atoms with Crippen LogP contribution in [0.25, 0.3) is 0 Å². The van der Waals surface area contributed by atoms with Crippen molar-refractivity contribution in [2.45, 2.75) is 25.5 Å². The lowest BCUT2D eigenvalue weighted by Gasteiger charge is -2.05. The van der Waals surface area contributed by atoms with E-state index in [1.807, 2.05) is 19.2 Å². The van der Waals surface area contributed by atoms with Crippen LogP contribution in [0, 0.1) is 0 Å². The summed E-state index contributed by atoms with van der Waals surface area (Å²) in [5.74, 6) is 1.47. The Labute approximate surface area is 129 Å². The number of hydrogen-bond donors (Lipinski definition) is 0. The number of carbonyl (C=O) groups excluding carboxylic acids is 1. The van der Waals surface area contributed by atoms with Crippen LogP contribution in [0.15, 0.2) is 11.6 Å². The van der Waals surface area contributed by atoms with Crippen LogP contribution in [0.2, 0.25) is 0 Å². The van der Waals surface area contributed by atoms with Crippen LogP contribution in [-0.4, -0.2) is 32.9 Å². The second-order valence-electron chi connectivity index (χ2n) is 4.26. The summed E-state index contributed by atoms with van der Waals surface area (Å²) in [4.78, 5) is 16.6. The van der Waals surface area contributed by atoms with Gasteiger partial charge in [0, 0.05) is 23.1 Å². The van der Waals surface area contributed by atoms with Crippen molar-refractivity contribution in [1.82, 2.24) is 14.6 Å². The molecule has 0 aliphatic heterocycles. The molecule has 0 aliphatic rings. The molecule has 0 saturated heterocycles. The van der Waals surface area contributed by atoms with Crippen molar-refractivity contribution in [2.75, 3.05) is 12.4 Å². The Balaban J connectivity index is 1.71. The molecule has 0 amide bonds. The zero-order chi connectivity index (χ0) is 14.4. The molecule has 2 aromatic rings. The van der Waals surface area contributed by atoms with Gasteiger partial charge in [-0.1, -0.05) is 18.3 Å². The van der Waals surface area contributed by atoms with Gasteiger partial charge in [0.15, 0.2) is 4.88 Å². The maximum Gasteiger partial charge on any atom is 0.351 e. The first-order valence-corrected chi connectivity index (χ1v) is 8.94. The van der Waals surface area contributed by atoms with E-state index in [0.717, 1.165) is 33.7 Å². The van der Waals surface area contributed by atoms with Gasteiger partial charge >= 0.3 is 5.97 Å². The van der Waals surface area contributed by atoms with Crippen molar-refractivity contribution >= 4 is 40.6 Å². The van der Waals surface area contributed by atoms with Gasteiger partial charge in [-0.2, -0.15) is 11.8 Å². The molecule has 0 aromatic carbocycles. The highest BCUT2D eigenvalue weighted by Crippen LogP contribution is 2.20. The molecule has 0 N–H and O–H groups in total. The molecule has 2 aromatic heterocycles. The molecular formula is C12H15N3O2S3. The van der Waals surface area contributed by atoms with Crippen LogP contribution in [0.5, 0.6) is 0 Å². The predicted molar refractivity (Wildman–Crippen MR) is 82.6 cm³/mol. The van der Waals surface area contributed by atoms with Crippen LogP contribution in [0.3, 0.4) is 0 Å². The molecule has 0 atom stereocenters. The van der Waals surface area contributed by atoms with Gasteiger partial charge in [-0.25, -0.2) is 9.78 Å². The number of nitrogens with zero attached hydrogens (tertiary/aromatic N) is 3. The van der Waals surface area contributed by atoms with Crippen LogP contribution >= 0.6 is 34.6 Å². The minimum atomic E-state index is -0.321. The van der Waals surface area contributed by atoms with E-state index in [-0.39, 0.29) is 11.9 Å². The van der Waals surface area contributed by atoms with E-state index in [0.29, 0.717) is 11.5 Å². The smallest absolute Gasteiger partial charge is 0.351 e. The van der Waals surface area contributed by atoms with Crippen molar-refractivity contribution in [3.8, 4) is 0 Å². The summed E-state index contributed by atoms with van der Waals surface area (Å²) in [5.41, 5.74) is 0.718. The van der Waals surface area contributed by atoms with Crippen molar-refractivity contribution in [3.05, 3.63) is 27.2 Å². The van der Waals surface area contributed by atoms with E-state index in [1.165, 1.54) is 0 Å². The summed E-state index contributed by atoms with van der Waals surface area (Å²) in [7, 11) is 0. The second kappa shape index (κ2) is 7.70. The maximum atomic E-state index is 11.9. The topological polar surface area (TPSA) is 65.0 Å². The van der Waals surface area contributed by atoms with Crippen LogP contribution < -0.4 is 0 Å². The molecule has 0 fully saturated rings. The first-order valence-electron chi connectivity index (χ1n) is 6.14. The molecule has 0 unspecified atom stereocenters. The van der Waals surface area contributed by atoms with Crippen molar-refractivity contribution in [3.63, 3.8) is 0 Å². The van der Waals surface area contributed by atoms with Crippen molar-refractivity contribution < 1.29 is 9.53 Å². The Morgan fingerprint density at radius 2 is 2.35 bits per heavy atom. The van der Waals surface area contributed by atoms with E-state index >= 15 is 0 Å². The number of thioether (sulfide) groups is 1. The standard InChI is InChI=1S/C12H15N3O2S3/c1-8(2)10-11(20-15-14-10)12(16)17-4-6-18-7-9-13-3-5-19-9/h3,5,8H,4,6-7H2,1-2H3. The lowest BCUT2D eigenvalue weighted by Crippen LogP contribution is -2.09. The number of thiazole rings is 1. The van der Waals surface area contributed by atoms with Crippen LogP contribution in [0.1, 0.15) is 40.1 Å². The molecule has 0 aliphatic carbocycles. The zero-order valence-electron chi connectivity index (χ0n) is 11.2. The number of ether oxygens (including phenoxy) is 1. The number of hydrogen-bond acceptors (Lipinski definition) is 8. The van der Waals surface area contributed by atoms with Gasteiger partial charge in [-0.3, -0.25) is 0 Å².